The van der Waals surface area contributed by atoms with Crippen LogP contribution in [0.5, 0.6) is 0 Å². The van der Waals surface area contributed by atoms with Crippen LogP contribution in [0.3, 0.4) is 0 Å². The number of nitro groups is 1. The zero-order valence-corrected chi connectivity index (χ0v) is 18.2. The number of hydrogen-bond donors (Lipinski definition) is 1. The summed E-state index contributed by atoms with van der Waals surface area (Å²) in [4.78, 5) is 10.9. The first-order valence-electron chi connectivity index (χ1n) is 9.98. The van der Waals surface area contributed by atoms with E-state index < -0.39 is 14.9 Å². The van der Waals surface area contributed by atoms with Gasteiger partial charge in [-0.15, -0.1) is 0 Å². The highest BCUT2D eigenvalue weighted by Gasteiger charge is 2.25. The van der Waals surface area contributed by atoms with Crippen molar-refractivity contribution in [3.8, 4) is 5.69 Å². The second kappa shape index (κ2) is 9.71. The fourth-order valence-electron chi connectivity index (χ4n) is 3.24. The van der Waals surface area contributed by atoms with Gasteiger partial charge in [0.2, 0.25) is 10.0 Å². The van der Waals surface area contributed by atoms with Gasteiger partial charge in [-0.2, -0.15) is 9.40 Å². The van der Waals surface area contributed by atoms with Gasteiger partial charge in [0, 0.05) is 31.9 Å². The number of para-hydroxylation sites is 1. The quantitative estimate of drug-likeness (QED) is 0.379. The van der Waals surface area contributed by atoms with Gasteiger partial charge < -0.3 is 5.32 Å². The molecule has 0 unspecified atom stereocenters. The van der Waals surface area contributed by atoms with Crippen molar-refractivity contribution < 1.29 is 13.3 Å². The van der Waals surface area contributed by atoms with Crippen molar-refractivity contribution in [1.82, 2.24) is 14.1 Å². The first-order valence-corrected chi connectivity index (χ1v) is 11.4. The van der Waals surface area contributed by atoms with Gasteiger partial charge in [-0.1, -0.05) is 32.0 Å². The molecule has 9 nitrogen and oxygen atoms in total. The topological polar surface area (TPSA) is 110 Å². The summed E-state index contributed by atoms with van der Waals surface area (Å²) in [6.07, 6.45) is 4.26. The Morgan fingerprint density at radius 2 is 1.84 bits per heavy atom. The molecule has 0 bridgehead atoms. The fourth-order valence-corrected chi connectivity index (χ4v) is 4.72. The monoisotopic (exact) mass is 443 g/mol. The van der Waals surface area contributed by atoms with Crippen molar-refractivity contribution in [1.29, 1.82) is 0 Å². The van der Waals surface area contributed by atoms with E-state index in [1.54, 1.807) is 24.7 Å². The Labute approximate surface area is 181 Å². The number of hydrogen-bond acceptors (Lipinski definition) is 6. The molecule has 0 aliphatic rings. The molecule has 1 aromatic heterocycles. The Morgan fingerprint density at radius 1 is 1.13 bits per heavy atom. The van der Waals surface area contributed by atoms with Crippen molar-refractivity contribution in [2.75, 3.05) is 25.0 Å². The van der Waals surface area contributed by atoms with Crippen LogP contribution in [0.15, 0.2) is 65.8 Å². The first kappa shape index (κ1) is 22.4. The predicted octanol–water partition coefficient (Wildman–Crippen LogP) is 3.47. The highest BCUT2D eigenvalue weighted by Crippen LogP contribution is 2.29. The summed E-state index contributed by atoms with van der Waals surface area (Å²) in [5, 5.41) is 18.9. The Bertz CT molecular complexity index is 1140. The number of nitrogens with zero attached hydrogens (tertiary/aromatic N) is 4. The summed E-state index contributed by atoms with van der Waals surface area (Å²) >= 11 is 0. The normalized spacial score (nSPS) is 11.6. The third-order valence-electron chi connectivity index (χ3n) is 4.90. The van der Waals surface area contributed by atoms with E-state index in [0.717, 1.165) is 17.3 Å². The highest BCUT2D eigenvalue weighted by molar-refractivity contribution is 7.89. The number of nitrogens with one attached hydrogen (secondary N) is 1. The lowest BCUT2D eigenvalue weighted by atomic mass is 10.2. The zero-order valence-electron chi connectivity index (χ0n) is 17.4. The maximum Gasteiger partial charge on any atom is 0.293 e. The third kappa shape index (κ3) is 5.09. The minimum absolute atomic E-state index is 0.0856. The number of anilines is 1. The Morgan fingerprint density at radius 3 is 2.48 bits per heavy atom. The average molecular weight is 444 g/mol. The SMILES string of the molecule is CCN(CC)S(=O)(=O)c1ccc(NCCc2cnn(-c3ccccc3)c2)c([N+](=O)[O-])c1. The molecule has 0 radical (unpaired) electrons. The Hall–Kier alpha value is -3.24. The maximum absolute atomic E-state index is 12.7. The van der Waals surface area contributed by atoms with Crippen molar-refractivity contribution in [2.24, 2.45) is 0 Å². The van der Waals surface area contributed by atoms with Gasteiger partial charge in [0.15, 0.2) is 0 Å². The predicted molar refractivity (Wildman–Crippen MR) is 119 cm³/mol. The molecule has 0 saturated carbocycles. The molecule has 3 rings (SSSR count). The lowest BCUT2D eigenvalue weighted by molar-refractivity contribution is -0.384. The molecule has 10 heteroatoms. The molecule has 0 fully saturated rings. The second-order valence-electron chi connectivity index (χ2n) is 6.83. The van der Waals surface area contributed by atoms with Crippen molar-refractivity contribution in [2.45, 2.75) is 25.2 Å². The third-order valence-corrected chi connectivity index (χ3v) is 6.94. The van der Waals surface area contributed by atoms with Gasteiger partial charge >= 0.3 is 0 Å². The van der Waals surface area contributed by atoms with Crippen LogP contribution in [0.2, 0.25) is 0 Å². The standard InChI is InChI=1S/C21H25N5O4S/c1-3-24(4-2)31(29,30)19-10-11-20(21(14-19)26(27)28)22-13-12-17-15-23-25(16-17)18-8-6-5-7-9-18/h5-11,14-16,22H,3-4,12-13H2,1-2H3. The summed E-state index contributed by atoms with van der Waals surface area (Å²) in [5.41, 5.74) is 1.93. The summed E-state index contributed by atoms with van der Waals surface area (Å²) in [6, 6.07) is 13.7. The molecule has 0 spiro atoms. The fraction of sp³-hybridized carbons (Fsp3) is 0.286. The molecule has 1 N–H and O–H groups in total. The molecular weight excluding hydrogens is 418 g/mol. The zero-order chi connectivity index (χ0) is 22.4. The average Bonchev–Trinajstić information content (AvgIpc) is 3.24. The number of aromatic nitrogens is 2. The smallest absolute Gasteiger partial charge is 0.293 e. The number of rotatable bonds is 10. The van der Waals surface area contributed by atoms with E-state index >= 15 is 0 Å². The lowest BCUT2D eigenvalue weighted by Crippen LogP contribution is -2.30. The van der Waals surface area contributed by atoms with Gasteiger partial charge in [0.05, 0.1) is 21.7 Å². The van der Waals surface area contributed by atoms with Crippen LogP contribution >= 0.6 is 0 Å². The van der Waals surface area contributed by atoms with Crippen LogP contribution in [-0.2, 0) is 16.4 Å². The second-order valence-corrected chi connectivity index (χ2v) is 8.77. The van der Waals surface area contributed by atoms with E-state index in [2.05, 4.69) is 10.4 Å². The molecule has 31 heavy (non-hydrogen) atoms. The van der Waals surface area contributed by atoms with Crippen LogP contribution in [0.1, 0.15) is 19.4 Å². The van der Waals surface area contributed by atoms with Crippen molar-refractivity contribution >= 4 is 21.4 Å². The first-order chi connectivity index (χ1) is 14.9. The van der Waals surface area contributed by atoms with E-state index in [0.29, 0.717) is 26.1 Å². The van der Waals surface area contributed by atoms with Crippen LogP contribution in [-0.4, -0.2) is 47.1 Å². The molecule has 164 valence electrons. The van der Waals surface area contributed by atoms with E-state index in [9.17, 15) is 18.5 Å². The molecule has 1 heterocycles. The summed E-state index contributed by atoms with van der Waals surface area (Å²) < 4.78 is 28.4. The molecule has 0 aliphatic carbocycles. The van der Waals surface area contributed by atoms with Gasteiger partial charge in [-0.3, -0.25) is 10.1 Å². The van der Waals surface area contributed by atoms with E-state index in [-0.39, 0.29) is 16.3 Å². The molecular formula is C21H25N5O4S. The minimum Gasteiger partial charge on any atom is -0.379 e. The largest absolute Gasteiger partial charge is 0.379 e. The molecule has 2 aromatic carbocycles. The van der Waals surface area contributed by atoms with Gasteiger partial charge in [0.25, 0.3) is 5.69 Å². The van der Waals surface area contributed by atoms with E-state index in [4.69, 9.17) is 0 Å². The van der Waals surface area contributed by atoms with E-state index in [1.165, 1.54) is 16.4 Å². The minimum atomic E-state index is -3.77. The Kier molecular flexibility index (Phi) is 7.03. The summed E-state index contributed by atoms with van der Waals surface area (Å²) in [5.74, 6) is 0. The number of benzene rings is 2. The van der Waals surface area contributed by atoms with Gasteiger partial charge in [-0.25, -0.2) is 13.1 Å². The lowest BCUT2D eigenvalue weighted by Gasteiger charge is -2.18. The van der Waals surface area contributed by atoms with Crippen LogP contribution < -0.4 is 5.32 Å². The molecule has 0 saturated heterocycles. The number of sulfonamides is 1. The molecule has 0 atom stereocenters. The van der Waals surface area contributed by atoms with Gasteiger partial charge in [0.1, 0.15) is 5.69 Å². The molecule has 3 aromatic rings. The molecule has 0 aliphatic heterocycles. The van der Waals surface area contributed by atoms with Crippen LogP contribution in [0.25, 0.3) is 5.69 Å². The van der Waals surface area contributed by atoms with Gasteiger partial charge in [-0.05, 0) is 36.2 Å². The van der Waals surface area contributed by atoms with Crippen molar-refractivity contribution in [3.63, 3.8) is 0 Å². The summed E-state index contributed by atoms with van der Waals surface area (Å²) in [6.45, 7) is 4.48. The van der Waals surface area contributed by atoms with Crippen molar-refractivity contribution in [3.05, 3.63) is 76.6 Å². The van der Waals surface area contributed by atoms with Crippen LogP contribution in [0.4, 0.5) is 11.4 Å². The summed E-state index contributed by atoms with van der Waals surface area (Å²) in [7, 11) is -3.77. The highest BCUT2D eigenvalue weighted by atomic mass is 32.2. The van der Waals surface area contributed by atoms with E-state index in [1.807, 2.05) is 36.5 Å². The van der Waals surface area contributed by atoms with Crippen LogP contribution in [0, 0.1) is 10.1 Å². The Balaban J connectivity index is 1.72. The molecule has 0 amide bonds. The number of nitro benzene ring substituents is 1. The maximum atomic E-state index is 12.7.